The molecule has 8 heteroatoms. The number of aromatic carboxylic acids is 1. The van der Waals surface area contributed by atoms with E-state index < -0.39 is 22.1 Å². The van der Waals surface area contributed by atoms with Crippen molar-refractivity contribution in [1.29, 1.82) is 0 Å². The number of nitrogens with one attached hydrogen (secondary N) is 1. The highest BCUT2D eigenvalue weighted by Gasteiger charge is 2.28. The molecule has 2 rings (SSSR count). The van der Waals surface area contributed by atoms with Gasteiger partial charge in [0, 0.05) is 16.6 Å². The van der Waals surface area contributed by atoms with E-state index in [0.29, 0.717) is 16.5 Å². The second kappa shape index (κ2) is 6.10. The molecule has 0 amide bonds. The predicted molar refractivity (Wildman–Crippen MR) is 80.3 cm³/mol. The quantitative estimate of drug-likeness (QED) is 0.747. The first-order valence-electron chi connectivity index (χ1n) is 6.29. The van der Waals surface area contributed by atoms with Crippen LogP contribution < -0.4 is 4.72 Å². The Morgan fingerprint density at radius 2 is 2.05 bits per heavy atom. The Bertz CT molecular complexity index is 766. The van der Waals surface area contributed by atoms with Gasteiger partial charge < -0.3 is 10.2 Å². The second-order valence-corrected chi connectivity index (χ2v) is 7.23. The van der Waals surface area contributed by atoms with E-state index in [1.165, 1.54) is 0 Å². The van der Waals surface area contributed by atoms with Gasteiger partial charge >= 0.3 is 5.97 Å². The maximum Gasteiger partial charge on any atom is 0.347 e. The third-order valence-electron chi connectivity index (χ3n) is 2.99. The van der Waals surface area contributed by atoms with Gasteiger partial charge in [-0.1, -0.05) is 25.1 Å². The zero-order chi connectivity index (χ0) is 15.6. The lowest BCUT2D eigenvalue weighted by molar-refractivity contribution is 0.0698. The number of aliphatic hydroxyl groups excluding tert-OH is 1. The van der Waals surface area contributed by atoms with Crippen LogP contribution in [-0.2, 0) is 10.0 Å². The topological polar surface area (TPSA) is 104 Å². The van der Waals surface area contributed by atoms with Gasteiger partial charge in [0.05, 0.1) is 6.10 Å². The summed E-state index contributed by atoms with van der Waals surface area (Å²) in [6, 6.07) is 6.62. The first-order valence-corrected chi connectivity index (χ1v) is 8.59. The van der Waals surface area contributed by atoms with Gasteiger partial charge in [-0.2, -0.15) is 0 Å². The van der Waals surface area contributed by atoms with Gasteiger partial charge in [0.2, 0.25) is 10.0 Å². The van der Waals surface area contributed by atoms with Crippen LogP contribution in [0.15, 0.2) is 29.2 Å². The van der Waals surface area contributed by atoms with Crippen LogP contribution in [0.1, 0.15) is 23.0 Å². The molecule has 1 atom stereocenters. The van der Waals surface area contributed by atoms with Gasteiger partial charge in [-0.05, 0) is 12.5 Å². The zero-order valence-corrected chi connectivity index (χ0v) is 12.9. The summed E-state index contributed by atoms with van der Waals surface area (Å²) in [5.41, 5.74) is 0. The van der Waals surface area contributed by atoms with Gasteiger partial charge in [0.1, 0.15) is 9.77 Å². The second-order valence-electron chi connectivity index (χ2n) is 4.48. The number of carboxylic acid groups (broad SMARTS) is 1. The van der Waals surface area contributed by atoms with Crippen LogP contribution in [0.5, 0.6) is 0 Å². The van der Waals surface area contributed by atoms with Crippen LogP contribution in [0, 0.1) is 0 Å². The number of thiophene rings is 1. The Balaban J connectivity index is 2.53. The zero-order valence-electron chi connectivity index (χ0n) is 11.2. The molecule has 0 aliphatic carbocycles. The number of hydrogen-bond donors (Lipinski definition) is 3. The van der Waals surface area contributed by atoms with Crippen molar-refractivity contribution in [3.05, 3.63) is 29.1 Å². The van der Waals surface area contributed by atoms with Crippen molar-refractivity contribution in [3.63, 3.8) is 0 Å². The summed E-state index contributed by atoms with van der Waals surface area (Å²) in [7, 11) is -4.00. The summed E-state index contributed by atoms with van der Waals surface area (Å²) in [5, 5.41) is 19.1. The van der Waals surface area contributed by atoms with Crippen molar-refractivity contribution < 1.29 is 23.4 Å². The van der Waals surface area contributed by atoms with Crippen molar-refractivity contribution in [2.45, 2.75) is 24.3 Å². The largest absolute Gasteiger partial charge is 0.477 e. The highest BCUT2D eigenvalue weighted by molar-refractivity contribution is 7.90. The fourth-order valence-corrected chi connectivity index (χ4v) is 4.66. The van der Waals surface area contributed by atoms with Crippen molar-refractivity contribution in [1.82, 2.24) is 4.72 Å². The Labute approximate surface area is 126 Å². The van der Waals surface area contributed by atoms with Crippen molar-refractivity contribution >= 4 is 37.4 Å². The fourth-order valence-electron chi connectivity index (χ4n) is 1.85. The lowest BCUT2D eigenvalue weighted by Gasteiger charge is -2.10. The first kappa shape index (κ1) is 15.9. The molecular weight excluding hydrogens is 314 g/mol. The Hall–Kier alpha value is -1.48. The van der Waals surface area contributed by atoms with E-state index in [1.54, 1.807) is 31.2 Å². The molecule has 0 bridgehead atoms. The summed E-state index contributed by atoms with van der Waals surface area (Å²) < 4.78 is 27.6. The van der Waals surface area contributed by atoms with Crippen LogP contribution in [0.4, 0.5) is 0 Å². The maximum absolute atomic E-state index is 12.4. The van der Waals surface area contributed by atoms with E-state index in [4.69, 9.17) is 0 Å². The van der Waals surface area contributed by atoms with Crippen LogP contribution >= 0.6 is 11.3 Å². The average Bonchev–Trinajstić information content (AvgIpc) is 2.85. The van der Waals surface area contributed by atoms with E-state index in [1.807, 2.05) is 0 Å². The van der Waals surface area contributed by atoms with Gasteiger partial charge in [0.25, 0.3) is 0 Å². The fraction of sp³-hybridized carbons (Fsp3) is 0.308. The van der Waals surface area contributed by atoms with Crippen LogP contribution in [-0.4, -0.2) is 37.2 Å². The van der Waals surface area contributed by atoms with Crippen molar-refractivity contribution in [2.24, 2.45) is 0 Å². The number of hydrogen-bond acceptors (Lipinski definition) is 5. The minimum Gasteiger partial charge on any atom is -0.477 e. The number of carbonyl (C=O) groups is 1. The Morgan fingerprint density at radius 1 is 1.38 bits per heavy atom. The van der Waals surface area contributed by atoms with Crippen molar-refractivity contribution in [2.75, 3.05) is 6.54 Å². The molecule has 0 saturated heterocycles. The average molecular weight is 329 g/mol. The third kappa shape index (κ3) is 3.24. The molecular formula is C13H15NO5S2. The molecule has 1 unspecified atom stereocenters. The van der Waals surface area contributed by atoms with Crippen molar-refractivity contribution in [3.8, 4) is 0 Å². The lowest BCUT2D eigenvalue weighted by atomic mass is 10.2. The standard InChI is InChI=1S/C13H15NO5S2/c1-2-8(15)7-14-21(18,19)12-9-5-3-4-6-10(9)20-11(12)13(16)17/h3-6,8,14-15H,2,7H2,1H3,(H,16,17). The van der Waals surface area contributed by atoms with Gasteiger partial charge in [-0.25, -0.2) is 17.9 Å². The molecule has 0 aliphatic rings. The Kier molecular flexibility index (Phi) is 4.62. The van der Waals surface area contributed by atoms with Gasteiger partial charge in [-0.15, -0.1) is 11.3 Å². The number of sulfonamides is 1. The molecule has 2 aromatic rings. The van der Waals surface area contributed by atoms with E-state index in [9.17, 15) is 23.4 Å². The molecule has 0 spiro atoms. The normalized spacial score (nSPS) is 13.4. The van der Waals surface area contributed by atoms with Gasteiger partial charge in [-0.3, -0.25) is 0 Å². The molecule has 6 nitrogen and oxygen atoms in total. The summed E-state index contributed by atoms with van der Waals surface area (Å²) >= 11 is 0.918. The molecule has 0 aliphatic heterocycles. The summed E-state index contributed by atoms with van der Waals surface area (Å²) in [5.74, 6) is -1.28. The van der Waals surface area contributed by atoms with Crippen LogP contribution in [0.25, 0.3) is 10.1 Å². The molecule has 0 fully saturated rings. The number of carboxylic acids is 1. The number of aliphatic hydroxyl groups is 1. The van der Waals surface area contributed by atoms with Crippen LogP contribution in [0.3, 0.4) is 0 Å². The number of rotatable bonds is 6. The molecule has 1 aromatic carbocycles. The molecule has 0 radical (unpaired) electrons. The minimum absolute atomic E-state index is 0.151. The highest BCUT2D eigenvalue weighted by Crippen LogP contribution is 2.34. The predicted octanol–water partition coefficient (Wildman–Crippen LogP) is 1.65. The van der Waals surface area contributed by atoms with Gasteiger partial charge in [0.15, 0.2) is 0 Å². The van der Waals surface area contributed by atoms with E-state index >= 15 is 0 Å². The summed E-state index contributed by atoms with van der Waals surface area (Å²) in [4.78, 5) is 10.8. The van der Waals surface area contributed by atoms with E-state index in [-0.39, 0.29) is 16.3 Å². The SMILES string of the molecule is CCC(O)CNS(=O)(=O)c1c(C(=O)O)sc2ccccc12. The Morgan fingerprint density at radius 3 is 2.67 bits per heavy atom. The molecule has 21 heavy (non-hydrogen) atoms. The number of fused-ring (bicyclic) bond motifs is 1. The molecule has 1 aromatic heterocycles. The molecule has 0 saturated carbocycles. The minimum atomic E-state index is -4.00. The first-order chi connectivity index (χ1) is 9.86. The van der Waals surface area contributed by atoms with E-state index in [0.717, 1.165) is 11.3 Å². The summed E-state index contributed by atoms with van der Waals surface area (Å²) in [6.07, 6.45) is -0.406. The van der Waals surface area contributed by atoms with E-state index in [2.05, 4.69) is 4.72 Å². The number of benzene rings is 1. The molecule has 1 heterocycles. The smallest absolute Gasteiger partial charge is 0.347 e. The molecule has 114 valence electrons. The van der Waals surface area contributed by atoms with Crippen LogP contribution in [0.2, 0.25) is 0 Å². The molecule has 3 N–H and O–H groups in total. The monoisotopic (exact) mass is 329 g/mol. The lowest BCUT2D eigenvalue weighted by Crippen LogP contribution is -2.32. The summed E-state index contributed by atoms with van der Waals surface area (Å²) in [6.45, 7) is 1.57. The third-order valence-corrected chi connectivity index (χ3v) is 5.79. The highest BCUT2D eigenvalue weighted by atomic mass is 32.2. The maximum atomic E-state index is 12.4.